The van der Waals surface area contributed by atoms with Gasteiger partial charge in [-0.05, 0) is 17.7 Å². The molecule has 2 fully saturated rings. The number of fused-ring (bicyclic) bond motifs is 1. The van der Waals surface area contributed by atoms with Crippen molar-refractivity contribution in [2.45, 2.75) is 48.7 Å². The van der Waals surface area contributed by atoms with E-state index in [9.17, 15) is 18.3 Å². The molecule has 2 aliphatic heterocycles. The molecule has 0 aliphatic carbocycles. The highest BCUT2D eigenvalue weighted by Gasteiger charge is 2.61. The van der Waals surface area contributed by atoms with Crippen LogP contribution in [0.2, 0.25) is 0 Å². The minimum atomic E-state index is -6.09. The molecule has 0 radical (unpaired) electrons. The number of aliphatic hydroxyl groups is 1. The van der Waals surface area contributed by atoms with Crippen LogP contribution >= 0.6 is 0 Å². The van der Waals surface area contributed by atoms with Crippen molar-refractivity contribution in [1.82, 2.24) is 0 Å². The van der Waals surface area contributed by atoms with Crippen molar-refractivity contribution in [2.75, 3.05) is 5.75 Å². The average Bonchev–Trinajstić information content (AvgIpc) is 3.28. The second kappa shape index (κ2) is 11.2. The lowest BCUT2D eigenvalue weighted by Gasteiger charge is -2.22. The number of alkyl halides is 3. The van der Waals surface area contributed by atoms with E-state index in [4.69, 9.17) is 22.4 Å². The zero-order chi connectivity index (χ0) is 24.9. The first-order valence-corrected chi connectivity index (χ1v) is 13.2. The van der Waals surface area contributed by atoms with Crippen molar-refractivity contribution >= 4 is 21.0 Å². The van der Waals surface area contributed by atoms with Crippen LogP contribution in [-0.2, 0) is 43.7 Å². The first-order chi connectivity index (χ1) is 16.0. The molecule has 1 N–H and O–H groups in total. The molecule has 0 spiro atoms. The molecule has 186 valence electrons. The van der Waals surface area contributed by atoms with Crippen LogP contribution in [-0.4, -0.2) is 52.9 Å². The van der Waals surface area contributed by atoms with Gasteiger partial charge >= 0.3 is 5.51 Å². The van der Waals surface area contributed by atoms with E-state index in [0.717, 1.165) is 16.9 Å². The molecule has 0 saturated carbocycles. The van der Waals surface area contributed by atoms with Crippen LogP contribution in [0.5, 0.6) is 0 Å². The Labute approximate surface area is 199 Å². The molecule has 11 heteroatoms. The molecular formula is C23H25F3O6S2. The second-order valence-electron chi connectivity index (χ2n) is 7.87. The first kappa shape index (κ1) is 26.7. The van der Waals surface area contributed by atoms with Gasteiger partial charge in [0.25, 0.3) is 0 Å². The summed E-state index contributed by atoms with van der Waals surface area (Å²) in [6, 6.07) is 20.4. The zero-order valence-electron chi connectivity index (χ0n) is 18.1. The number of benzene rings is 2. The fourth-order valence-electron chi connectivity index (χ4n) is 3.82. The Hall–Kier alpha value is -1.89. The third-order valence-corrected chi connectivity index (χ3v) is 8.83. The third kappa shape index (κ3) is 6.83. The van der Waals surface area contributed by atoms with E-state index < -0.39 is 15.6 Å². The Morgan fingerprint density at radius 2 is 1.47 bits per heavy atom. The van der Waals surface area contributed by atoms with Crippen molar-refractivity contribution in [2.24, 2.45) is 0 Å². The van der Waals surface area contributed by atoms with Crippen LogP contribution in [0.25, 0.3) is 0 Å². The number of hydrogen-bond donors (Lipinski definition) is 1. The van der Waals surface area contributed by atoms with Gasteiger partial charge in [-0.1, -0.05) is 60.7 Å². The summed E-state index contributed by atoms with van der Waals surface area (Å²) in [5, 5.41) is 10.7. The lowest BCUT2D eigenvalue weighted by atomic mass is 10.0. The number of hydrogen-bond acceptors (Lipinski definition) is 6. The van der Waals surface area contributed by atoms with Crippen LogP contribution in [0, 0.1) is 0 Å². The number of halogens is 3. The van der Waals surface area contributed by atoms with Gasteiger partial charge in [-0.3, -0.25) is 0 Å². The van der Waals surface area contributed by atoms with Gasteiger partial charge in [0.15, 0.2) is 15.4 Å². The molecule has 2 aliphatic rings. The molecule has 2 saturated heterocycles. The Balaban J connectivity index is 0.000000350. The Kier molecular flexibility index (Phi) is 8.82. The van der Waals surface area contributed by atoms with Crippen LogP contribution in [0.1, 0.15) is 17.5 Å². The van der Waals surface area contributed by atoms with Gasteiger partial charge < -0.3 is 19.1 Å². The van der Waals surface area contributed by atoms with Crippen LogP contribution in [0.3, 0.4) is 0 Å². The van der Waals surface area contributed by atoms with E-state index in [1.165, 1.54) is 4.91 Å². The van der Waals surface area contributed by atoms with Gasteiger partial charge in [-0.25, -0.2) is 8.42 Å². The topological polar surface area (TPSA) is 95.9 Å². The summed E-state index contributed by atoms with van der Waals surface area (Å²) in [6.07, 6.45) is 0.247. The summed E-state index contributed by atoms with van der Waals surface area (Å²) in [4.78, 5) is 1.17. The summed E-state index contributed by atoms with van der Waals surface area (Å²) in [6.45, 7) is 5.31. The SMILES string of the molecule is C=C1C[C@H](O)[C@@H]2[C@@H](OCc3ccccc3)[C@H](OCc3ccccc3)C[S+]12.O=S(=O)([O-])C(F)(F)F. The van der Waals surface area contributed by atoms with Crippen LogP contribution in [0.15, 0.2) is 72.1 Å². The summed E-state index contributed by atoms with van der Waals surface area (Å²) >= 11 is 0. The Morgan fingerprint density at radius 3 is 1.94 bits per heavy atom. The van der Waals surface area contributed by atoms with Gasteiger partial charge in [-0.2, -0.15) is 13.2 Å². The van der Waals surface area contributed by atoms with Crippen molar-refractivity contribution in [3.8, 4) is 0 Å². The van der Waals surface area contributed by atoms with E-state index in [-0.39, 0.29) is 34.5 Å². The maximum atomic E-state index is 10.7. The second-order valence-corrected chi connectivity index (χ2v) is 11.6. The molecule has 34 heavy (non-hydrogen) atoms. The normalized spacial score (nSPS) is 26.6. The number of aliphatic hydroxyl groups excluding tert-OH is 1. The van der Waals surface area contributed by atoms with E-state index in [1.54, 1.807) is 0 Å². The van der Waals surface area contributed by atoms with Gasteiger partial charge in [0.1, 0.15) is 29.0 Å². The highest BCUT2D eigenvalue weighted by Crippen LogP contribution is 2.43. The fourth-order valence-corrected chi connectivity index (χ4v) is 6.74. The maximum absolute atomic E-state index is 10.7. The third-order valence-electron chi connectivity index (χ3n) is 5.43. The molecule has 2 aromatic carbocycles. The quantitative estimate of drug-likeness (QED) is 0.357. The minimum absolute atomic E-state index is 0.000971. The summed E-state index contributed by atoms with van der Waals surface area (Å²) in [7, 11) is -6.10. The van der Waals surface area contributed by atoms with E-state index in [1.807, 2.05) is 36.4 Å². The Morgan fingerprint density at radius 1 is 1.00 bits per heavy atom. The fraction of sp³-hybridized carbons (Fsp3) is 0.391. The van der Waals surface area contributed by atoms with Crippen molar-refractivity contribution in [3.05, 3.63) is 83.3 Å². The van der Waals surface area contributed by atoms with Crippen molar-refractivity contribution < 1.29 is 40.7 Å². The highest BCUT2D eigenvalue weighted by molar-refractivity contribution is 8.01. The standard InChI is InChI=1S/C22H25O3S.CHF3O3S/c1-16-12-19(23)22-21(25-14-18-10-6-3-7-11-18)20(15-26(16)22)24-13-17-8-4-2-5-9-17;2-1(3,4)8(5,6)7/h2-11,19-23H,1,12-15H2;(H,5,6,7)/q+1;/p-1/t19-,20+,21-,22+,26?;/m0./s1. The molecule has 0 amide bonds. The number of ether oxygens (including phenoxy) is 2. The molecule has 2 aromatic rings. The smallest absolute Gasteiger partial charge is 0.485 e. The monoisotopic (exact) mass is 518 g/mol. The molecule has 0 bridgehead atoms. The lowest BCUT2D eigenvalue weighted by Crippen LogP contribution is -2.40. The number of rotatable bonds is 6. The van der Waals surface area contributed by atoms with E-state index >= 15 is 0 Å². The summed E-state index contributed by atoms with van der Waals surface area (Å²) in [5.41, 5.74) is -3.34. The minimum Gasteiger partial charge on any atom is -0.741 e. The zero-order valence-corrected chi connectivity index (χ0v) is 19.7. The van der Waals surface area contributed by atoms with E-state index in [2.05, 4.69) is 30.8 Å². The molecule has 4 rings (SSSR count). The largest absolute Gasteiger partial charge is 0.741 e. The molecule has 6 nitrogen and oxygen atoms in total. The molecule has 2 heterocycles. The van der Waals surface area contributed by atoms with Gasteiger partial charge in [0.2, 0.25) is 0 Å². The highest BCUT2D eigenvalue weighted by atomic mass is 32.2. The molecule has 0 aromatic heterocycles. The first-order valence-electron chi connectivity index (χ1n) is 10.4. The van der Waals surface area contributed by atoms with Gasteiger partial charge in [0, 0.05) is 17.3 Å². The predicted molar refractivity (Wildman–Crippen MR) is 122 cm³/mol. The average molecular weight is 519 g/mol. The Bertz CT molecular complexity index is 1050. The van der Waals surface area contributed by atoms with Gasteiger partial charge in [-0.15, -0.1) is 0 Å². The van der Waals surface area contributed by atoms with Gasteiger partial charge in [0.05, 0.1) is 13.2 Å². The van der Waals surface area contributed by atoms with Crippen LogP contribution < -0.4 is 0 Å². The molecule has 5 atom stereocenters. The lowest BCUT2D eigenvalue weighted by molar-refractivity contribution is -0.0799. The predicted octanol–water partition coefficient (Wildman–Crippen LogP) is 3.49. The van der Waals surface area contributed by atoms with Crippen molar-refractivity contribution in [1.29, 1.82) is 0 Å². The summed E-state index contributed by atoms with van der Waals surface area (Å²) in [5.74, 6) is 0.910. The summed E-state index contributed by atoms with van der Waals surface area (Å²) < 4.78 is 71.5. The molecule has 1 unspecified atom stereocenters. The molecular weight excluding hydrogens is 493 g/mol. The van der Waals surface area contributed by atoms with E-state index in [0.29, 0.717) is 19.6 Å². The maximum Gasteiger partial charge on any atom is 0.485 e. The van der Waals surface area contributed by atoms with Crippen molar-refractivity contribution in [3.63, 3.8) is 0 Å². The van der Waals surface area contributed by atoms with Crippen LogP contribution in [0.4, 0.5) is 13.2 Å².